The zero-order valence-electron chi connectivity index (χ0n) is 12.7. The maximum Gasteiger partial charge on any atom is 0.255 e. The van der Waals surface area contributed by atoms with Gasteiger partial charge in [0.05, 0.1) is 16.5 Å². The van der Waals surface area contributed by atoms with E-state index >= 15 is 0 Å². The van der Waals surface area contributed by atoms with Crippen LogP contribution in [0.1, 0.15) is 28.8 Å². The maximum atomic E-state index is 12.3. The highest BCUT2D eigenvalue weighted by Gasteiger charge is 2.28. The van der Waals surface area contributed by atoms with Crippen molar-refractivity contribution in [2.45, 2.75) is 23.8 Å². The molecule has 2 aromatic rings. The number of nitrogens with one attached hydrogen (secondary N) is 2. The van der Waals surface area contributed by atoms with Gasteiger partial charge in [-0.25, -0.2) is 13.1 Å². The summed E-state index contributed by atoms with van der Waals surface area (Å²) in [6.45, 7) is 0. The van der Waals surface area contributed by atoms with Crippen LogP contribution in [0, 0.1) is 11.3 Å². The maximum absolute atomic E-state index is 12.3. The number of nitriles is 1. The first kappa shape index (κ1) is 16.2. The molecule has 2 aromatic carbocycles. The third kappa shape index (κ3) is 3.79. The van der Waals surface area contributed by atoms with Gasteiger partial charge in [-0.3, -0.25) is 4.79 Å². The smallest absolute Gasteiger partial charge is 0.255 e. The fourth-order valence-corrected chi connectivity index (χ4v) is 3.51. The van der Waals surface area contributed by atoms with Crippen molar-refractivity contribution >= 4 is 21.6 Å². The van der Waals surface area contributed by atoms with Crippen molar-refractivity contribution in [2.75, 3.05) is 5.32 Å². The molecule has 6 nitrogen and oxygen atoms in total. The van der Waals surface area contributed by atoms with E-state index in [2.05, 4.69) is 10.0 Å². The van der Waals surface area contributed by atoms with Crippen LogP contribution < -0.4 is 10.0 Å². The molecule has 0 radical (unpaired) electrons. The van der Waals surface area contributed by atoms with Gasteiger partial charge in [-0.1, -0.05) is 12.1 Å². The minimum absolute atomic E-state index is 0.00111. The second-order valence-corrected chi connectivity index (χ2v) is 7.28. The Bertz CT molecular complexity index is 928. The van der Waals surface area contributed by atoms with E-state index in [0.717, 1.165) is 12.8 Å². The Kier molecular flexibility index (Phi) is 4.34. The number of carbonyl (C=O) groups is 1. The third-order valence-electron chi connectivity index (χ3n) is 3.56. The molecule has 0 atom stereocenters. The van der Waals surface area contributed by atoms with Crippen LogP contribution in [-0.2, 0) is 10.0 Å². The molecule has 3 rings (SSSR count). The van der Waals surface area contributed by atoms with E-state index in [1.165, 1.54) is 18.2 Å². The zero-order chi connectivity index (χ0) is 17.2. The van der Waals surface area contributed by atoms with Crippen molar-refractivity contribution in [3.63, 3.8) is 0 Å². The summed E-state index contributed by atoms with van der Waals surface area (Å²) in [5, 5.41) is 11.5. The third-order valence-corrected chi connectivity index (χ3v) is 5.07. The lowest BCUT2D eigenvalue weighted by molar-refractivity contribution is 0.102. The molecule has 24 heavy (non-hydrogen) atoms. The van der Waals surface area contributed by atoms with Crippen molar-refractivity contribution in [1.29, 1.82) is 5.26 Å². The van der Waals surface area contributed by atoms with Crippen LogP contribution in [-0.4, -0.2) is 20.4 Å². The molecule has 0 saturated heterocycles. The largest absolute Gasteiger partial charge is 0.322 e. The van der Waals surface area contributed by atoms with E-state index in [0.29, 0.717) is 11.3 Å². The Morgan fingerprint density at radius 1 is 1.12 bits per heavy atom. The summed E-state index contributed by atoms with van der Waals surface area (Å²) in [7, 11) is -3.61. The second-order valence-electron chi connectivity index (χ2n) is 5.57. The molecule has 1 aliphatic carbocycles. The van der Waals surface area contributed by atoms with Gasteiger partial charge in [-0.15, -0.1) is 0 Å². The fourth-order valence-electron chi connectivity index (χ4n) is 2.16. The summed E-state index contributed by atoms with van der Waals surface area (Å²) >= 11 is 0. The summed E-state index contributed by atoms with van der Waals surface area (Å²) in [6.07, 6.45) is 1.68. The van der Waals surface area contributed by atoms with Crippen LogP contribution in [0.5, 0.6) is 0 Å². The monoisotopic (exact) mass is 341 g/mol. The van der Waals surface area contributed by atoms with Gasteiger partial charge in [0.15, 0.2) is 0 Å². The van der Waals surface area contributed by atoms with Crippen LogP contribution in [0.25, 0.3) is 0 Å². The van der Waals surface area contributed by atoms with Crippen LogP contribution in [0.2, 0.25) is 0 Å². The van der Waals surface area contributed by atoms with Gasteiger partial charge in [0.25, 0.3) is 5.91 Å². The van der Waals surface area contributed by atoms with Gasteiger partial charge in [-0.2, -0.15) is 5.26 Å². The molecule has 1 saturated carbocycles. The number of amides is 1. The van der Waals surface area contributed by atoms with Crippen LogP contribution in [0.3, 0.4) is 0 Å². The van der Waals surface area contributed by atoms with Gasteiger partial charge < -0.3 is 5.32 Å². The molecule has 1 amide bonds. The van der Waals surface area contributed by atoms with E-state index in [1.54, 1.807) is 30.3 Å². The predicted octanol–water partition coefficient (Wildman–Crippen LogP) is 2.25. The number of hydrogen-bond donors (Lipinski definition) is 2. The van der Waals surface area contributed by atoms with Gasteiger partial charge in [0, 0.05) is 17.3 Å². The SMILES string of the molecule is N#Cc1cccc(NC(=O)c2cccc(S(=O)(=O)NC3CC3)c2)c1. The quantitative estimate of drug-likeness (QED) is 0.871. The number of anilines is 1. The Morgan fingerprint density at radius 3 is 2.58 bits per heavy atom. The van der Waals surface area contributed by atoms with Crippen molar-refractivity contribution in [3.8, 4) is 6.07 Å². The Morgan fingerprint density at radius 2 is 1.88 bits per heavy atom. The highest BCUT2D eigenvalue weighted by atomic mass is 32.2. The molecule has 0 unspecified atom stereocenters. The number of nitrogens with zero attached hydrogens (tertiary/aromatic N) is 1. The van der Waals surface area contributed by atoms with Crippen molar-refractivity contribution in [3.05, 3.63) is 59.7 Å². The first-order valence-electron chi connectivity index (χ1n) is 7.42. The molecular formula is C17H15N3O3S. The summed E-state index contributed by atoms with van der Waals surface area (Å²) in [5.74, 6) is -0.437. The molecule has 0 heterocycles. The normalized spacial score (nSPS) is 14.0. The molecular weight excluding hydrogens is 326 g/mol. The average molecular weight is 341 g/mol. The van der Waals surface area contributed by atoms with Crippen molar-refractivity contribution < 1.29 is 13.2 Å². The number of hydrogen-bond acceptors (Lipinski definition) is 4. The van der Waals surface area contributed by atoms with E-state index in [9.17, 15) is 13.2 Å². The number of rotatable bonds is 5. The highest BCUT2D eigenvalue weighted by Crippen LogP contribution is 2.22. The summed E-state index contributed by atoms with van der Waals surface area (Å²) < 4.78 is 27.0. The van der Waals surface area contributed by atoms with Crippen LogP contribution >= 0.6 is 0 Å². The first-order valence-corrected chi connectivity index (χ1v) is 8.90. The molecule has 0 bridgehead atoms. The van der Waals surface area contributed by atoms with E-state index in [1.807, 2.05) is 6.07 Å². The fraction of sp³-hybridized carbons (Fsp3) is 0.176. The molecule has 122 valence electrons. The standard InChI is InChI=1S/C17H15N3O3S/c18-11-12-3-1-5-15(9-12)19-17(21)13-4-2-6-16(10-13)24(22,23)20-14-7-8-14/h1-6,9-10,14,20H,7-8H2,(H,19,21). The van der Waals surface area contributed by atoms with Crippen molar-refractivity contribution in [2.24, 2.45) is 0 Å². The molecule has 2 N–H and O–H groups in total. The van der Waals surface area contributed by atoms with Crippen LogP contribution in [0.4, 0.5) is 5.69 Å². The average Bonchev–Trinajstić information content (AvgIpc) is 3.38. The second kappa shape index (κ2) is 6.43. The van der Waals surface area contributed by atoms with Gasteiger partial charge in [0.2, 0.25) is 10.0 Å². The minimum atomic E-state index is -3.61. The molecule has 1 aliphatic rings. The zero-order valence-corrected chi connectivity index (χ0v) is 13.5. The molecule has 7 heteroatoms. The number of carbonyl (C=O) groups excluding carboxylic acids is 1. The Hall–Kier alpha value is -2.69. The highest BCUT2D eigenvalue weighted by molar-refractivity contribution is 7.89. The number of benzene rings is 2. The molecule has 0 aliphatic heterocycles. The van der Waals surface area contributed by atoms with Crippen molar-refractivity contribution in [1.82, 2.24) is 4.72 Å². The minimum Gasteiger partial charge on any atom is -0.322 e. The first-order chi connectivity index (χ1) is 11.5. The lowest BCUT2D eigenvalue weighted by Crippen LogP contribution is -2.26. The van der Waals surface area contributed by atoms with Gasteiger partial charge >= 0.3 is 0 Å². The number of sulfonamides is 1. The predicted molar refractivity (Wildman–Crippen MR) is 88.9 cm³/mol. The van der Waals surface area contributed by atoms with E-state index in [-0.39, 0.29) is 16.5 Å². The van der Waals surface area contributed by atoms with E-state index in [4.69, 9.17) is 5.26 Å². The topological polar surface area (TPSA) is 99.1 Å². The lowest BCUT2D eigenvalue weighted by atomic mass is 10.2. The Balaban J connectivity index is 1.80. The summed E-state index contributed by atoms with van der Waals surface area (Å²) in [6, 6.07) is 14.4. The van der Waals surface area contributed by atoms with Gasteiger partial charge in [0.1, 0.15) is 0 Å². The lowest BCUT2D eigenvalue weighted by Gasteiger charge is -2.08. The van der Waals surface area contributed by atoms with Gasteiger partial charge in [-0.05, 0) is 49.2 Å². The summed E-state index contributed by atoms with van der Waals surface area (Å²) in [5.41, 5.74) is 1.14. The molecule has 0 spiro atoms. The van der Waals surface area contributed by atoms with Crippen LogP contribution in [0.15, 0.2) is 53.4 Å². The summed E-state index contributed by atoms with van der Waals surface area (Å²) in [4.78, 5) is 12.4. The Labute approximate surface area is 140 Å². The van der Waals surface area contributed by atoms with E-state index < -0.39 is 15.9 Å². The molecule has 1 fully saturated rings. The molecule has 0 aromatic heterocycles.